The summed E-state index contributed by atoms with van der Waals surface area (Å²) < 4.78 is 2.96. The standard InChI is InChI=1S/C17H20BrN3/c1-6-9-21-15(19)14(20-16(21)17(3,4)5)12-8-7-11(2)13(18)10-12/h1,7-8,10H,9,19H2,2-5H3. The highest BCUT2D eigenvalue weighted by Crippen LogP contribution is 2.33. The second-order valence-electron chi connectivity index (χ2n) is 6.17. The van der Waals surface area contributed by atoms with Gasteiger partial charge in [0, 0.05) is 15.5 Å². The highest BCUT2D eigenvalue weighted by atomic mass is 79.9. The molecule has 0 aliphatic carbocycles. The van der Waals surface area contributed by atoms with Crippen LogP contribution in [0.5, 0.6) is 0 Å². The van der Waals surface area contributed by atoms with Crippen LogP contribution in [0.15, 0.2) is 22.7 Å². The van der Waals surface area contributed by atoms with Crippen LogP contribution in [0.2, 0.25) is 0 Å². The van der Waals surface area contributed by atoms with Crippen LogP contribution in [0.3, 0.4) is 0 Å². The second-order valence-corrected chi connectivity index (χ2v) is 7.03. The number of terminal acetylenes is 1. The van der Waals surface area contributed by atoms with Gasteiger partial charge < -0.3 is 10.3 Å². The average molecular weight is 346 g/mol. The first kappa shape index (κ1) is 15.7. The van der Waals surface area contributed by atoms with Crippen LogP contribution in [-0.4, -0.2) is 9.55 Å². The minimum Gasteiger partial charge on any atom is -0.383 e. The monoisotopic (exact) mass is 345 g/mol. The number of benzene rings is 1. The zero-order valence-electron chi connectivity index (χ0n) is 12.9. The van der Waals surface area contributed by atoms with Crippen LogP contribution >= 0.6 is 15.9 Å². The first-order valence-electron chi connectivity index (χ1n) is 6.82. The van der Waals surface area contributed by atoms with E-state index in [1.165, 1.54) is 5.56 Å². The van der Waals surface area contributed by atoms with E-state index in [4.69, 9.17) is 17.1 Å². The molecular formula is C17H20BrN3. The van der Waals surface area contributed by atoms with E-state index < -0.39 is 0 Å². The fraction of sp³-hybridized carbons (Fsp3) is 0.353. The minimum absolute atomic E-state index is 0.120. The van der Waals surface area contributed by atoms with Gasteiger partial charge in [-0.25, -0.2) is 4.98 Å². The summed E-state index contributed by atoms with van der Waals surface area (Å²) in [7, 11) is 0. The maximum atomic E-state index is 6.30. The number of imidazole rings is 1. The minimum atomic E-state index is -0.120. The molecule has 2 aromatic rings. The third kappa shape index (κ3) is 2.98. The Kier molecular flexibility index (Phi) is 4.15. The molecule has 0 aliphatic heterocycles. The van der Waals surface area contributed by atoms with Gasteiger partial charge in [-0.2, -0.15) is 0 Å². The smallest absolute Gasteiger partial charge is 0.132 e. The fourth-order valence-electron chi connectivity index (χ4n) is 2.24. The molecule has 2 N–H and O–H groups in total. The SMILES string of the molecule is C#CCn1c(C(C)(C)C)nc(-c2ccc(C)c(Br)c2)c1N. The van der Waals surface area contributed by atoms with Crippen LogP contribution in [0.1, 0.15) is 32.2 Å². The third-order valence-corrected chi connectivity index (χ3v) is 4.23. The van der Waals surface area contributed by atoms with Gasteiger partial charge in [-0.15, -0.1) is 6.42 Å². The molecule has 4 heteroatoms. The Bertz CT molecular complexity index is 715. The Balaban J connectivity index is 2.65. The molecule has 0 fully saturated rings. The molecule has 0 bridgehead atoms. The van der Waals surface area contributed by atoms with Crippen LogP contribution in [0, 0.1) is 19.3 Å². The fourth-order valence-corrected chi connectivity index (χ4v) is 2.62. The maximum absolute atomic E-state index is 6.30. The number of aromatic nitrogens is 2. The molecule has 0 atom stereocenters. The van der Waals surface area contributed by atoms with Gasteiger partial charge in [0.25, 0.3) is 0 Å². The summed E-state index contributed by atoms with van der Waals surface area (Å²) in [6.45, 7) is 8.80. The Labute approximate surface area is 134 Å². The Hall–Kier alpha value is -1.73. The van der Waals surface area contributed by atoms with E-state index in [1.54, 1.807) is 0 Å². The maximum Gasteiger partial charge on any atom is 0.132 e. The predicted molar refractivity (Wildman–Crippen MR) is 92.0 cm³/mol. The number of aryl methyl sites for hydroxylation is 1. The Morgan fingerprint density at radius 1 is 1.38 bits per heavy atom. The normalized spacial score (nSPS) is 11.4. The number of nitrogens with zero attached hydrogens (tertiary/aromatic N) is 2. The first-order chi connectivity index (χ1) is 9.75. The predicted octanol–water partition coefficient (Wildman–Crippen LogP) is 4.13. The van der Waals surface area contributed by atoms with Crippen molar-refractivity contribution in [2.45, 2.75) is 39.7 Å². The first-order valence-corrected chi connectivity index (χ1v) is 7.61. The lowest BCUT2D eigenvalue weighted by Crippen LogP contribution is -2.19. The summed E-state index contributed by atoms with van der Waals surface area (Å²) in [5, 5.41) is 0. The van der Waals surface area contributed by atoms with Gasteiger partial charge in [-0.1, -0.05) is 54.8 Å². The van der Waals surface area contributed by atoms with E-state index in [-0.39, 0.29) is 5.41 Å². The molecule has 0 spiro atoms. The van der Waals surface area contributed by atoms with Gasteiger partial charge in [-0.05, 0) is 18.6 Å². The number of rotatable bonds is 2. The topological polar surface area (TPSA) is 43.8 Å². The lowest BCUT2D eigenvalue weighted by Gasteiger charge is -2.18. The van der Waals surface area contributed by atoms with E-state index >= 15 is 0 Å². The molecule has 1 aromatic carbocycles. The molecule has 1 heterocycles. The summed E-state index contributed by atoms with van der Waals surface area (Å²) in [6, 6.07) is 6.13. The molecule has 0 unspecified atom stereocenters. The molecule has 110 valence electrons. The van der Waals surface area contributed by atoms with Crippen LogP contribution in [0.4, 0.5) is 5.82 Å². The zero-order valence-corrected chi connectivity index (χ0v) is 14.5. The van der Waals surface area contributed by atoms with E-state index in [0.29, 0.717) is 12.4 Å². The highest BCUT2D eigenvalue weighted by Gasteiger charge is 2.25. The number of halogens is 1. The van der Waals surface area contributed by atoms with Crippen molar-refractivity contribution in [3.63, 3.8) is 0 Å². The van der Waals surface area contributed by atoms with Gasteiger partial charge in [-0.3, -0.25) is 0 Å². The lowest BCUT2D eigenvalue weighted by molar-refractivity contribution is 0.517. The lowest BCUT2D eigenvalue weighted by atomic mass is 9.95. The van der Waals surface area contributed by atoms with Crippen molar-refractivity contribution < 1.29 is 0 Å². The molecule has 0 saturated carbocycles. The van der Waals surface area contributed by atoms with Crippen molar-refractivity contribution >= 4 is 21.7 Å². The third-order valence-electron chi connectivity index (χ3n) is 3.37. The molecule has 21 heavy (non-hydrogen) atoms. The van der Waals surface area contributed by atoms with Crippen LogP contribution < -0.4 is 5.73 Å². The van der Waals surface area contributed by atoms with Gasteiger partial charge in [0.1, 0.15) is 17.3 Å². The average Bonchev–Trinajstić information content (AvgIpc) is 2.71. The summed E-state index contributed by atoms with van der Waals surface area (Å²) in [4.78, 5) is 4.76. The van der Waals surface area contributed by atoms with E-state index in [9.17, 15) is 0 Å². The van der Waals surface area contributed by atoms with E-state index in [2.05, 4.69) is 55.6 Å². The van der Waals surface area contributed by atoms with Gasteiger partial charge in [0.05, 0.1) is 6.54 Å². The Morgan fingerprint density at radius 3 is 2.57 bits per heavy atom. The highest BCUT2D eigenvalue weighted by molar-refractivity contribution is 9.10. The molecule has 2 rings (SSSR count). The number of anilines is 1. The Morgan fingerprint density at radius 2 is 2.05 bits per heavy atom. The van der Waals surface area contributed by atoms with Gasteiger partial charge in [0.15, 0.2) is 0 Å². The van der Waals surface area contributed by atoms with Crippen molar-refractivity contribution in [3.05, 3.63) is 34.1 Å². The molecule has 0 saturated heterocycles. The number of nitrogens with two attached hydrogens (primary N) is 1. The van der Waals surface area contributed by atoms with Crippen molar-refractivity contribution in [3.8, 4) is 23.6 Å². The van der Waals surface area contributed by atoms with Crippen molar-refractivity contribution in [1.82, 2.24) is 9.55 Å². The zero-order chi connectivity index (χ0) is 15.8. The summed E-state index contributed by atoms with van der Waals surface area (Å²) in [6.07, 6.45) is 5.47. The molecule has 0 amide bonds. The van der Waals surface area contributed by atoms with E-state index in [0.717, 1.165) is 21.6 Å². The molecule has 0 radical (unpaired) electrons. The van der Waals surface area contributed by atoms with E-state index in [1.807, 2.05) is 16.7 Å². The molecular weight excluding hydrogens is 326 g/mol. The molecule has 3 nitrogen and oxygen atoms in total. The van der Waals surface area contributed by atoms with Crippen molar-refractivity contribution in [2.24, 2.45) is 0 Å². The van der Waals surface area contributed by atoms with Crippen molar-refractivity contribution in [1.29, 1.82) is 0 Å². The van der Waals surface area contributed by atoms with Gasteiger partial charge >= 0.3 is 0 Å². The quantitative estimate of drug-likeness (QED) is 0.831. The summed E-state index contributed by atoms with van der Waals surface area (Å²) in [5.74, 6) is 4.18. The summed E-state index contributed by atoms with van der Waals surface area (Å²) in [5.41, 5.74) is 9.13. The van der Waals surface area contributed by atoms with Gasteiger partial charge in [0.2, 0.25) is 0 Å². The number of hydrogen-bond donors (Lipinski definition) is 1. The molecule has 1 aromatic heterocycles. The molecule has 0 aliphatic rings. The second kappa shape index (κ2) is 5.57. The summed E-state index contributed by atoms with van der Waals surface area (Å²) >= 11 is 3.56. The largest absolute Gasteiger partial charge is 0.383 e. The number of hydrogen-bond acceptors (Lipinski definition) is 2. The van der Waals surface area contributed by atoms with Crippen LogP contribution in [0.25, 0.3) is 11.3 Å². The number of nitrogen functional groups attached to an aromatic ring is 1. The van der Waals surface area contributed by atoms with Crippen molar-refractivity contribution in [2.75, 3.05) is 5.73 Å². The van der Waals surface area contributed by atoms with Crippen LogP contribution in [-0.2, 0) is 12.0 Å².